The van der Waals surface area contributed by atoms with E-state index in [1.54, 1.807) is 0 Å². The summed E-state index contributed by atoms with van der Waals surface area (Å²) in [4.78, 5) is 13.0. The average Bonchev–Trinajstić information content (AvgIpc) is 2.35. The summed E-state index contributed by atoms with van der Waals surface area (Å²) in [5.74, 6) is 2.46. The van der Waals surface area contributed by atoms with Crippen molar-refractivity contribution < 1.29 is 9.53 Å². The van der Waals surface area contributed by atoms with E-state index in [2.05, 4.69) is 5.92 Å². The molecule has 0 saturated carbocycles. The van der Waals surface area contributed by atoms with Crippen LogP contribution in [0, 0.1) is 12.3 Å². The fraction of sp³-hybridized carbons (Fsp3) is 0.308. The van der Waals surface area contributed by atoms with Crippen LogP contribution in [0.1, 0.15) is 18.5 Å². The normalized spacial score (nSPS) is 11.3. The summed E-state index contributed by atoms with van der Waals surface area (Å²) in [5.41, 5.74) is 1.03. The molecule has 0 heterocycles. The quantitative estimate of drug-likeness (QED) is 0.728. The van der Waals surface area contributed by atoms with E-state index in [0.717, 1.165) is 5.56 Å². The molecule has 3 nitrogen and oxygen atoms in total. The Kier molecular flexibility index (Phi) is 4.41. The lowest BCUT2D eigenvalue weighted by Crippen LogP contribution is -2.33. The van der Waals surface area contributed by atoms with Gasteiger partial charge in [0.25, 0.3) is 0 Å². The van der Waals surface area contributed by atoms with E-state index in [1.807, 2.05) is 37.3 Å². The number of amides is 1. The second-order valence-corrected chi connectivity index (χ2v) is 3.39. The monoisotopic (exact) mass is 217 g/mol. The minimum atomic E-state index is -0.408. The second-order valence-electron chi connectivity index (χ2n) is 3.39. The molecular weight excluding hydrogens is 202 g/mol. The molecule has 0 aliphatic rings. The third-order valence-electron chi connectivity index (χ3n) is 2.42. The first kappa shape index (κ1) is 12.1. The first-order chi connectivity index (χ1) is 7.70. The number of ether oxygens (including phenoxy) is 1. The molecule has 84 valence electrons. The lowest BCUT2D eigenvalue weighted by atomic mass is 10.1. The molecular formula is C13H15NO2. The van der Waals surface area contributed by atoms with Crippen LogP contribution in [0.2, 0.25) is 0 Å². The van der Waals surface area contributed by atoms with Crippen molar-refractivity contribution in [2.24, 2.45) is 0 Å². The number of carbonyl (C=O) groups excluding carboxylic acids is 1. The van der Waals surface area contributed by atoms with Gasteiger partial charge < -0.3 is 4.74 Å². The predicted molar refractivity (Wildman–Crippen MR) is 62.8 cm³/mol. The Balaban J connectivity index is 2.88. The van der Waals surface area contributed by atoms with Gasteiger partial charge in [-0.1, -0.05) is 36.3 Å². The lowest BCUT2D eigenvalue weighted by molar-refractivity contribution is 0.115. The summed E-state index contributed by atoms with van der Waals surface area (Å²) in [6.45, 7) is 2.16. The lowest BCUT2D eigenvalue weighted by Gasteiger charge is -2.26. The Hall–Kier alpha value is -1.95. The molecule has 0 bridgehead atoms. The average molecular weight is 217 g/mol. The maximum atomic E-state index is 11.5. The molecule has 3 heteroatoms. The summed E-state index contributed by atoms with van der Waals surface area (Å²) < 4.78 is 4.70. The number of terminal acetylenes is 1. The standard InChI is InChI=1S/C13H15NO2/c1-4-10-14(13(15)16-3)11(2)12-8-6-5-7-9-12/h1,5-9,11H,10H2,2-3H3/t11-/m0/s1. The van der Waals surface area contributed by atoms with Crippen LogP contribution in [-0.2, 0) is 4.74 Å². The zero-order valence-electron chi connectivity index (χ0n) is 9.51. The highest BCUT2D eigenvalue weighted by atomic mass is 16.5. The fourth-order valence-electron chi connectivity index (χ4n) is 1.49. The number of hydrogen-bond donors (Lipinski definition) is 0. The number of nitrogens with zero attached hydrogens (tertiary/aromatic N) is 1. The van der Waals surface area contributed by atoms with Crippen LogP contribution >= 0.6 is 0 Å². The van der Waals surface area contributed by atoms with Gasteiger partial charge in [0.2, 0.25) is 0 Å². The van der Waals surface area contributed by atoms with Crippen LogP contribution < -0.4 is 0 Å². The van der Waals surface area contributed by atoms with E-state index in [9.17, 15) is 4.79 Å². The molecule has 0 N–H and O–H groups in total. The number of methoxy groups -OCH3 is 1. The number of hydrogen-bond acceptors (Lipinski definition) is 2. The molecule has 1 atom stereocenters. The van der Waals surface area contributed by atoms with Crippen LogP contribution in [0.3, 0.4) is 0 Å². The Labute approximate surface area is 96.0 Å². The van der Waals surface area contributed by atoms with Crippen molar-refractivity contribution in [3.05, 3.63) is 35.9 Å². The molecule has 1 amide bonds. The van der Waals surface area contributed by atoms with Crippen molar-refractivity contribution in [3.8, 4) is 12.3 Å². The van der Waals surface area contributed by atoms with Crippen molar-refractivity contribution in [2.75, 3.05) is 13.7 Å². The molecule has 1 rings (SSSR count). The summed E-state index contributed by atoms with van der Waals surface area (Å²) in [5, 5.41) is 0. The van der Waals surface area contributed by atoms with Gasteiger partial charge in [0.05, 0.1) is 19.7 Å². The summed E-state index contributed by atoms with van der Waals surface area (Å²) in [6, 6.07) is 9.60. The second kappa shape index (κ2) is 5.82. The highest BCUT2D eigenvalue weighted by Crippen LogP contribution is 2.19. The van der Waals surface area contributed by atoms with Gasteiger partial charge in [-0.2, -0.15) is 0 Å². The molecule has 0 aliphatic heterocycles. The van der Waals surface area contributed by atoms with Crippen molar-refractivity contribution in [2.45, 2.75) is 13.0 Å². The van der Waals surface area contributed by atoms with Gasteiger partial charge in [-0.25, -0.2) is 4.79 Å². The zero-order chi connectivity index (χ0) is 12.0. The van der Waals surface area contributed by atoms with Crippen LogP contribution in [0.25, 0.3) is 0 Å². The Morgan fingerprint density at radius 1 is 1.50 bits per heavy atom. The van der Waals surface area contributed by atoms with Crippen LogP contribution in [0.4, 0.5) is 4.79 Å². The zero-order valence-corrected chi connectivity index (χ0v) is 9.51. The third kappa shape index (κ3) is 2.77. The molecule has 16 heavy (non-hydrogen) atoms. The Morgan fingerprint density at radius 3 is 2.62 bits per heavy atom. The third-order valence-corrected chi connectivity index (χ3v) is 2.42. The molecule has 0 saturated heterocycles. The van der Waals surface area contributed by atoms with Crippen molar-refractivity contribution in [1.82, 2.24) is 4.90 Å². The fourth-order valence-corrected chi connectivity index (χ4v) is 1.49. The Bertz CT molecular complexity index is 381. The van der Waals surface area contributed by atoms with E-state index < -0.39 is 6.09 Å². The molecule has 0 aliphatic carbocycles. The van der Waals surface area contributed by atoms with Gasteiger partial charge >= 0.3 is 6.09 Å². The van der Waals surface area contributed by atoms with E-state index >= 15 is 0 Å². The molecule has 0 radical (unpaired) electrons. The summed E-state index contributed by atoms with van der Waals surface area (Å²) in [6.07, 6.45) is 4.83. The van der Waals surface area contributed by atoms with Crippen molar-refractivity contribution >= 4 is 6.09 Å². The highest BCUT2D eigenvalue weighted by molar-refractivity contribution is 5.68. The van der Waals surface area contributed by atoms with E-state index in [0.29, 0.717) is 0 Å². The number of carbonyl (C=O) groups is 1. The van der Waals surface area contributed by atoms with E-state index in [-0.39, 0.29) is 12.6 Å². The molecule has 1 aromatic rings. The topological polar surface area (TPSA) is 29.5 Å². The van der Waals surface area contributed by atoms with Crippen LogP contribution in [0.5, 0.6) is 0 Å². The summed E-state index contributed by atoms with van der Waals surface area (Å²) >= 11 is 0. The largest absolute Gasteiger partial charge is 0.453 e. The molecule has 1 aromatic carbocycles. The molecule has 0 aromatic heterocycles. The van der Waals surface area contributed by atoms with Gasteiger partial charge in [-0.05, 0) is 12.5 Å². The van der Waals surface area contributed by atoms with Crippen molar-refractivity contribution in [1.29, 1.82) is 0 Å². The maximum absolute atomic E-state index is 11.5. The van der Waals surface area contributed by atoms with Crippen LogP contribution in [-0.4, -0.2) is 24.6 Å². The first-order valence-electron chi connectivity index (χ1n) is 5.03. The van der Waals surface area contributed by atoms with Gasteiger partial charge in [0.1, 0.15) is 0 Å². The molecule has 0 spiro atoms. The minimum absolute atomic E-state index is 0.0929. The highest BCUT2D eigenvalue weighted by Gasteiger charge is 2.20. The minimum Gasteiger partial charge on any atom is -0.453 e. The van der Waals surface area contributed by atoms with E-state index in [4.69, 9.17) is 11.2 Å². The van der Waals surface area contributed by atoms with Gasteiger partial charge in [0.15, 0.2) is 0 Å². The maximum Gasteiger partial charge on any atom is 0.410 e. The summed E-state index contributed by atoms with van der Waals surface area (Å²) in [7, 11) is 1.35. The molecule has 0 fully saturated rings. The number of benzene rings is 1. The SMILES string of the molecule is C#CCN(C(=O)OC)[C@@H](C)c1ccccc1. The van der Waals surface area contributed by atoms with E-state index in [1.165, 1.54) is 12.0 Å². The van der Waals surface area contributed by atoms with Crippen molar-refractivity contribution in [3.63, 3.8) is 0 Å². The van der Waals surface area contributed by atoms with Crippen LogP contribution in [0.15, 0.2) is 30.3 Å². The number of rotatable bonds is 3. The molecule has 0 unspecified atom stereocenters. The first-order valence-corrected chi connectivity index (χ1v) is 5.03. The van der Waals surface area contributed by atoms with Gasteiger partial charge in [-0.15, -0.1) is 6.42 Å². The van der Waals surface area contributed by atoms with Gasteiger partial charge in [0, 0.05) is 0 Å². The Morgan fingerprint density at radius 2 is 2.12 bits per heavy atom. The predicted octanol–water partition coefficient (Wildman–Crippen LogP) is 2.45. The smallest absolute Gasteiger partial charge is 0.410 e. The van der Waals surface area contributed by atoms with Gasteiger partial charge in [-0.3, -0.25) is 4.90 Å².